The van der Waals surface area contributed by atoms with E-state index in [1.165, 1.54) is 10.8 Å². The number of fused-ring (bicyclic) bond motifs is 6. The third-order valence-electron chi connectivity index (χ3n) is 9.62. The van der Waals surface area contributed by atoms with Crippen LogP contribution in [0.3, 0.4) is 0 Å². The van der Waals surface area contributed by atoms with Crippen molar-refractivity contribution in [2.45, 2.75) is 0 Å². The number of aromatic nitrogens is 2. The van der Waals surface area contributed by atoms with E-state index in [-0.39, 0.29) is 0 Å². The Morgan fingerprint density at radius 2 is 1.02 bits per heavy atom. The minimum Gasteiger partial charge on any atom is -0.310 e. The van der Waals surface area contributed by atoms with E-state index in [2.05, 4.69) is 117 Å². The molecule has 0 aliphatic carbocycles. The Morgan fingerprint density at radius 3 is 1.64 bits per heavy atom. The summed E-state index contributed by atoms with van der Waals surface area (Å²) in [6, 6.07) is 55.6. The first-order valence-corrected chi connectivity index (χ1v) is 16.3. The highest BCUT2D eigenvalue weighted by Gasteiger charge is 2.18. The number of nitrogens with zero attached hydrogens (tertiary/aromatic N) is 5. The van der Waals surface area contributed by atoms with Crippen molar-refractivity contribution in [2.24, 2.45) is 0 Å². The van der Waals surface area contributed by atoms with Gasteiger partial charge in [-0.2, -0.15) is 10.5 Å². The maximum atomic E-state index is 10.2. The Hall–Kier alpha value is -7.39. The number of para-hydroxylation sites is 3. The lowest BCUT2D eigenvalue weighted by Gasteiger charge is -2.16. The lowest BCUT2D eigenvalue weighted by atomic mass is 9.97. The van der Waals surface area contributed by atoms with Gasteiger partial charge in [-0.15, -0.1) is 0 Å². The fourth-order valence-electron chi connectivity index (χ4n) is 7.34. The molecule has 0 N–H and O–H groups in total. The van der Waals surface area contributed by atoms with E-state index in [1.54, 1.807) is 0 Å². The van der Waals surface area contributed by atoms with Crippen molar-refractivity contribution in [1.82, 2.24) is 9.13 Å². The second kappa shape index (κ2) is 11.4. The van der Waals surface area contributed by atoms with Crippen molar-refractivity contribution in [3.05, 3.63) is 174 Å². The molecule has 0 radical (unpaired) electrons. The van der Waals surface area contributed by atoms with Crippen LogP contribution in [0.4, 0.5) is 5.69 Å². The minimum atomic E-state index is 0.563. The van der Waals surface area contributed by atoms with Gasteiger partial charge in [0.2, 0.25) is 0 Å². The standard InChI is InChI=1S/C45H25N5/c1-48-34-21-22-35(45(26-34)50-40-11-5-2-8-36(40)37-9-3-6-12-41(37)50)31-17-15-30(16-18-31)32-19-20-33(28-47)44(25-32)49-42-13-7-4-10-38(42)39-24-29(27-46)14-23-43(39)49/h2-26H. The zero-order chi connectivity index (χ0) is 33.8. The van der Waals surface area contributed by atoms with Crippen LogP contribution in [0, 0.1) is 29.2 Å². The van der Waals surface area contributed by atoms with Crippen LogP contribution in [0.25, 0.3) is 82.1 Å². The minimum absolute atomic E-state index is 0.563. The highest BCUT2D eigenvalue weighted by atomic mass is 15.0. The predicted molar refractivity (Wildman–Crippen MR) is 202 cm³/mol. The van der Waals surface area contributed by atoms with Gasteiger partial charge in [-0.25, -0.2) is 4.85 Å². The summed E-state index contributed by atoms with van der Waals surface area (Å²) >= 11 is 0. The van der Waals surface area contributed by atoms with Crippen molar-refractivity contribution < 1.29 is 0 Å². The lowest BCUT2D eigenvalue weighted by Crippen LogP contribution is -1.98. The van der Waals surface area contributed by atoms with Gasteiger partial charge in [0.1, 0.15) is 6.07 Å². The van der Waals surface area contributed by atoms with Crippen LogP contribution >= 0.6 is 0 Å². The molecule has 50 heavy (non-hydrogen) atoms. The SMILES string of the molecule is [C-]#[N+]c1ccc(-c2ccc(-c3ccc(C#N)c(-n4c5ccccc5c5cc(C#N)ccc54)c3)cc2)c(-n2c3ccccc3c3ccccc32)c1. The maximum absolute atomic E-state index is 10.2. The molecule has 0 atom stereocenters. The molecule has 0 unspecified atom stereocenters. The molecule has 5 nitrogen and oxygen atoms in total. The van der Waals surface area contributed by atoms with Crippen molar-refractivity contribution in [1.29, 1.82) is 10.5 Å². The van der Waals surface area contributed by atoms with E-state index in [4.69, 9.17) is 6.57 Å². The number of hydrogen-bond acceptors (Lipinski definition) is 2. The van der Waals surface area contributed by atoms with E-state index < -0.39 is 0 Å². The fraction of sp³-hybridized carbons (Fsp3) is 0. The number of rotatable bonds is 4. The van der Waals surface area contributed by atoms with Crippen molar-refractivity contribution in [3.63, 3.8) is 0 Å². The number of hydrogen-bond donors (Lipinski definition) is 0. The summed E-state index contributed by atoms with van der Waals surface area (Å²) in [6.07, 6.45) is 0. The Kier molecular flexibility index (Phi) is 6.56. The van der Waals surface area contributed by atoms with Crippen molar-refractivity contribution >= 4 is 49.3 Å². The molecule has 0 aliphatic rings. The monoisotopic (exact) mass is 635 g/mol. The van der Waals surface area contributed by atoms with Gasteiger partial charge in [0.25, 0.3) is 0 Å². The summed E-state index contributed by atoms with van der Waals surface area (Å²) in [5, 5.41) is 24.1. The van der Waals surface area contributed by atoms with Gasteiger partial charge in [-0.1, -0.05) is 97.1 Å². The molecule has 0 spiro atoms. The van der Waals surface area contributed by atoms with E-state index >= 15 is 0 Å². The van der Waals surface area contributed by atoms with Gasteiger partial charge in [0.15, 0.2) is 5.69 Å². The molecule has 9 rings (SSSR count). The molecule has 5 heteroatoms. The highest BCUT2D eigenvalue weighted by Crippen LogP contribution is 2.39. The summed E-state index contributed by atoms with van der Waals surface area (Å²) in [6.45, 7) is 7.78. The van der Waals surface area contributed by atoms with Crippen LogP contribution in [0.1, 0.15) is 11.1 Å². The first kappa shape index (κ1) is 28.8. The molecule has 0 saturated heterocycles. The topological polar surface area (TPSA) is 61.8 Å². The summed E-state index contributed by atoms with van der Waals surface area (Å²) in [5.41, 5.74) is 11.6. The van der Waals surface area contributed by atoms with Gasteiger partial charge in [-0.05, 0) is 71.3 Å². The van der Waals surface area contributed by atoms with Gasteiger partial charge in [0.05, 0.1) is 51.5 Å². The Morgan fingerprint density at radius 1 is 0.460 bits per heavy atom. The average Bonchev–Trinajstić information content (AvgIpc) is 3.70. The average molecular weight is 636 g/mol. The molecule has 9 aromatic rings. The van der Waals surface area contributed by atoms with Crippen LogP contribution in [-0.2, 0) is 0 Å². The van der Waals surface area contributed by atoms with E-state index in [0.29, 0.717) is 16.8 Å². The molecule has 230 valence electrons. The largest absolute Gasteiger partial charge is 0.310 e. The third-order valence-corrected chi connectivity index (χ3v) is 9.62. The summed E-state index contributed by atoms with van der Waals surface area (Å²) in [4.78, 5) is 3.78. The van der Waals surface area contributed by atoms with Gasteiger partial charge >= 0.3 is 0 Å². The van der Waals surface area contributed by atoms with Crippen molar-refractivity contribution in [3.8, 4) is 45.8 Å². The first-order valence-electron chi connectivity index (χ1n) is 16.3. The Labute approximate surface area is 288 Å². The molecule has 0 saturated carbocycles. The first-order chi connectivity index (χ1) is 24.7. The predicted octanol–water partition coefficient (Wildman–Crippen LogP) is 11.5. The molecule has 0 amide bonds. The van der Waals surface area contributed by atoms with E-state index in [0.717, 1.165) is 66.5 Å². The van der Waals surface area contributed by atoms with E-state index in [1.807, 2.05) is 60.7 Å². The van der Waals surface area contributed by atoms with Crippen LogP contribution in [0.5, 0.6) is 0 Å². The molecular weight excluding hydrogens is 611 g/mol. The van der Waals surface area contributed by atoms with Gasteiger partial charge < -0.3 is 9.13 Å². The van der Waals surface area contributed by atoms with Crippen LogP contribution in [0.15, 0.2) is 152 Å². The molecule has 7 aromatic carbocycles. The second-order valence-electron chi connectivity index (χ2n) is 12.3. The highest BCUT2D eigenvalue weighted by molar-refractivity contribution is 6.11. The maximum Gasteiger partial charge on any atom is 0.189 e. The molecule has 2 aromatic heterocycles. The molecule has 0 aliphatic heterocycles. The van der Waals surface area contributed by atoms with Crippen LogP contribution in [-0.4, -0.2) is 9.13 Å². The fourth-order valence-corrected chi connectivity index (χ4v) is 7.34. The van der Waals surface area contributed by atoms with Gasteiger partial charge in [0, 0.05) is 32.8 Å². The zero-order valence-corrected chi connectivity index (χ0v) is 26.7. The molecule has 0 fully saturated rings. The molecule has 2 heterocycles. The zero-order valence-electron chi connectivity index (χ0n) is 26.7. The molecular formula is C45H25N5. The second-order valence-corrected chi connectivity index (χ2v) is 12.3. The van der Waals surface area contributed by atoms with Crippen LogP contribution in [0.2, 0.25) is 0 Å². The third kappa shape index (κ3) is 4.38. The summed E-state index contributed by atoms with van der Waals surface area (Å²) in [7, 11) is 0. The summed E-state index contributed by atoms with van der Waals surface area (Å²) < 4.78 is 4.39. The van der Waals surface area contributed by atoms with Gasteiger partial charge in [-0.3, -0.25) is 0 Å². The lowest BCUT2D eigenvalue weighted by molar-refractivity contribution is 1.17. The number of benzene rings is 7. The van der Waals surface area contributed by atoms with Crippen LogP contribution < -0.4 is 0 Å². The van der Waals surface area contributed by atoms with Crippen molar-refractivity contribution in [2.75, 3.05) is 0 Å². The molecule has 0 bridgehead atoms. The Balaban J connectivity index is 1.19. The summed E-state index contributed by atoms with van der Waals surface area (Å²) in [5.74, 6) is 0. The normalized spacial score (nSPS) is 11.1. The number of nitriles is 2. The smallest absolute Gasteiger partial charge is 0.189 e. The van der Waals surface area contributed by atoms with E-state index in [9.17, 15) is 10.5 Å². The quantitative estimate of drug-likeness (QED) is 0.181. The Bertz CT molecular complexity index is 2900.